The predicted octanol–water partition coefficient (Wildman–Crippen LogP) is 7.27. The highest BCUT2D eigenvalue weighted by molar-refractivity contribution is 6.15. The van der Waals surface area contributed by atoms with Gasteiger partial charge in [0.1, 0.15) is 11.5 Å². The molecular formula is C29H24O2. The molecule has 0 aromatic heterocycles. The third-order valence-electron chi connectivity index (χ3n) is 5.94. The van der Waals surface area contributed by atoms with Gasteiger partial charge in [0, 0.05) is 0 Å². The molecule has 0 spiro atoms. The Hall–Kier alpha value is -3.78. The molecular weight excluding hydrogens is 380 g/mol. The summed E-state index contributed by atoms with van der Waals surface area (Å²) in [5, 5.41) is 5.10. The first-order chi connectivity index (χ1) is 15.3. The van der Waals surface area contributed by atoms with Crippen LogP contribution in [0, 0.1) is 0 Å². The van der Waals surface area contributed by atoms with E-state index in [4.69, 9.17) is 9.47 Å². The molecule has 0 aliphatic carbocycles. The standard InChI is InChI=1S/C29H24O2/c1-30-22-16-14-20(15-17-22)18-28-24-10-3-5-12-26(24)29(27-13-6-4-11-25(27)28)21-8-7-9-23(19-21)31-2/h3-17,19H,18H2,1-2H3. The molecule has 152 valence electrons. The largest absolute Gasteiger partial charge is 0.497 e. The van der Waals surface area contributed by atoms with Gasteiger partial charge in [0.2, 0.25) is 0 Å². The van der Waals surface area contributed by atoms with Crippen LogP contribution in [0.1, 0.15) is 11.1 Å². The van der Waals surface area contributed by atoms with Crippen molar-refractivity contribution in [2.24, 2.45) is 0 Å². The Morgan fingerprint density at radius 1 is 0.548 bits per heavy atom. The minimum Gasteiger partial charge on any atom is -0.497 e. The van der Waals surface area contributed by atoms with Crippen molar-refractivity contribution in [1.29, 1.82) is 0 Å². The van der Waals surface area contributed by atoms with Crippen molar-refractivity contribution in [3.05, 3.63) is 108 Å². The van der Waals surface area contributed by atoms with Crippen LogP contribution in [0.25, 0.3) is 32.7 Å². The monoisotopic (exact) mass is 404 g/mol. The van der Waals surface area contributed by atoms with Gasteiger partial charge in [0.25, 0.3) is 0 Å². The van der Waals surface area contributed by atoms with Crippen LogP contribution in [-0.4, -0.2) is 14.2 Å². The molecule has 0 unspecified atom stereocenters. The average Bonchev–Trinajstić information content (AvgIpc) is 2.84. The van der Waals surface area contributed by atoms with E-state index in [1.54, 1.807) is 14.2 Å². The first kappa shape index (κ1) is 19.2. The van der Waals surface area contributed by atoms with E-state index in [-0.39, 0.29) is 0 Å². The predicted molar refractivity (Wildman–Crippen MR) is 129 cm³/mol. The molecule has 31 heavy (non-hydrogen) atoms. The Bertz CT molecular complexity index is 1310. The number of methoxy groups -OCH3 is 2. The number of benzene rings is 5. The van der Waals surface area contributed by atoms with Gasteiger partial charge in [-0.2, -0.15) is 0 Å². The van der Waals surface area contributed by atoms with Gasteiger partial charge in [0.15, 0.2) is 0 Å². The van der Waals surface area contributed by atoms with E-state index < -0.39 is 0 Å². The summed E-state index contributed by atoms with van der Waals surface area (Å²) in [6.07, 6.45) is 0.864. The zero-order valence-electron chi connectivity index (χ0n) is 17.8. The second-order valence-corrected chi connectivity index (χ2v) is 7.70. The lowest BCUT2D eigenvalue weighted by Gasteiger charge is -2.18. The first-order valence-corrected chi connectivity index (χ1v) is 10.5. The first-order valence-electron chi connectivity index (χ1n) is 10.5. The molecule has 0 radical (unpaired) electrons. The molecule has 0 fully saturated rings. The van der Waals surface area contributed by atoms with E-state index in [0.717, 1.165) is 17.9 Å². The lowest BCUT2D eigenvalue weighted by Crippen LogP contribution is -1.96. The molecule has 0 saturated carbocycles. The van der Waals surface area contributed by atoms with Gasteiger partial charge in [0.05, 0.1) is 14.2 Å². The van der Waals surface area contributed by atoms with E-state index >= 15 is 0 Å². The smallest absolute Gasteiger partial charge is 0.119 e. The summed E-state index contributed by atoms with van der Waals surface area (Å²) in [5.74, 6) is 1.75. The molecule has 0 amide bonds. The van der Waals surface area contributed by atoms with Crippen LogP contribution in [0.2, 0.25) is 0 Å². The molecule has 0 atom stereocenters. The minimum absolute atomic E-state index is 0.864. The molecule has 0 N–H and O–H groups in total. The molecule has 0 saturated heterocycles. The van der Waals surface area contributed by atoms with Gasteiger partial charge in [-0.15, -0.1) is 0 Å². The van der Waals surface area contributed by atoms with E-state index in [1.165, 1.54) is 43.8 Å². The summed E-state index contributed by atoms with van der Waals surface area (Å²) >= 11 is 0. The van der Waals surface area contributed by atoms with Crippen molar-refractivity contribution >= 4 is 21.5 Å². The number of rotatable bonds is 5. The summed E-state index contributed by atoms with van der Waals surface area (Å²) in [7, 11) is 3.42. The zero-order chi connectivity index (χ0) is 21.2. The van der Waals surface area contributed by atoms with Crippen molar-refractivity contribution in [1.82, 2.24) is 0 Å². The van der Waals surface area contributed by atoms with Crippen molar-refractivity contribution in [2.45, 2.75) is 6.42 Å². The van der Waals surface area contributed by atoms with Gasteiger partial charge in [-0.05, 0) is 74.5 Å². The number of hydrogen-bond acceptors (Lipinski definition) is 2. The lowest BCUT2D eigenvalue weighted by molar-refractivity contribution is 0.414. The van der Waals surface area contributed by atoms with Gasteiger partial charge in [-0.1, -0.05) is 72.8 Å². The van der Waals surface area contributed by atoms with Crippen LogP contribution in [0.5, 0.6) is 11.5 Å². The maximum absolute atomic E-state index is 5.51. The average molecular weight is 405 g/mol. The molecule has 0 aliphatic rings. The van der Waals surface area contributed by atoms with Crippen molar-refractivity contribution in [3.8, 4) is 22.6 Å². The minimum atomic E-state index is 0.864. The van der Waals surface area contributed by atoms with Gasteiger partial charge < -0.3 is 9.47 Å². The van der Waals surface area contributed by atoms with Crippen LogP contribution in [-0.2, 0) is 6.42 Å². The van der Waals surface area contributed by atoms with Gasteiger partial charge >= 0.3 is 0 Å². The Balaban J connectivity index is 1.79. The Morgan fingerprint density at radius 2 is 1.13 bits per heavy atom. The Morgan fingerprint density at radius 3 is 1.71 bits per heavy atom. The van der Waals surface area contributed by atoms with E-state index in [2.05, 4.69) is 78.9 Å². The molecule has 0 heterocycles. The van der Waals surface area contributed by atoms with Gasteiger partial charge in [-0.3, -0.25) is 0 Å². The van der Waals surface area contributed by atoms with E-state index in [0.29, 0.717) is 0 Å². The highest BCUT2D eigenvalue weighted by Gasteiger charge is 2.15. The summed E-state index contributed by atoms with van der Waals surface area (Å²) in [5.41, 5.74) is 5.04. The maximum atomic E-state index is 5.51. The lowest BCUT2D eigenvalue weighted by atomic mass is 9.86. The zero-order valence-corrected chi connectivity index (χ0v) is 17.8. The quantitative estimate of drug-likeness (QED) is 0.287. The fourth-order valence-corrected chi connectivity index (χ4v) is 4.45. The maximum Gasteiger partial charge on any atom is 0.119 e. The fourth-order valence-electron chi connectivity index (χ4n) is 4.45. The van der Waals surface area contributed by atoms with Crippen molar-refractivity contribution < 1.29 is 9.47 Å². The van der Waals surface area contributed by atoms with Crippen LogP contribution in [0.15, 0.2) is 97.1 Å². The number of ether oxygens (including phenoxy) is 2. The third-order valence-corrected chi connectivity index (χ3v) is 5.94. The van der Waals surface area contributed by atoms with Crippen LogP contribution >= 0.6 is 0 Å². The second kappa shape index (κ2) is 8.16. The summed E-state index contributed by atoms with van der Waals surface area (Å²) in [4.78, 5) is 0. The Kier molecular flexibility index (Phi) is 5.05. The molecule has 0 aliphatic heterocycles. The molecule has 0 bridgehead atoms. The topological polar surface area (TPSA) is 18.5 Å². The molecule has 5 rings (SSSR count). The van der Waals surface area contributed by atoms with E-state index in [1.807, 2.05) is 18.2 Å². The van der Waals surface area contributed by atoms with Crippen LogP contribution in [0.4, 0.5) is 0 Å². The van der Waals surface area contributed by atoms with Crippen LogP contribution in [0.3, 0.4) is 0 Å². The molecule has 2 nitrogen and oxygen atoms in total. The number of fused-ring (bicyclic) bond motifs is 2. The Labute approximate surface area is 182 Å². The highest BCUT2D eigenvalue weighted by atomic mass is 16.5. The van der Waals surface area contributed by atoms with E-state index in [9.17, 15) is 0 Å². The number of hydrogen-bond donors (Lipinski definition) is 0. The summed E-state index contributed by atoms with van der Waals surface area (Å²) in [6, 6.07) is 34.2. The second-order valence-electron chi connectivity index (χ2n) is 7.70. The van der Waals surface area contributed by atoms with Crippen LogP contribution < -0.4 is 9.47 Å². The van der Waals surface area contributed by atoms with Gasteiger partial charge in [-0.25, -0.2) is 0 Å². The fraction of sp³-hybridized carbons (Fsp3) is 0.103. The normalized spacial score (nSPS) is 11.0. The summed E-state index contributed by atoms with van der Waals surface area (Å²) < 4.78 is 10.8. The highest BCUT2D eigenvalue weighted by Crippen LogP contribution is 2.40. The molecule has 2 heteroatoms. The van der Waals surface area contributed by atoms with Crippen molar-refractivity contribution in [3.63, 3.8) is 0 Å². The SMILES string of the molecule is COc1ccc(Cc2c3ccccc3c(-c3cccc(OC)c3)c3ccccc23)cc1. The van der Waals surface area contributed by atoms with Crippen molar-refractivity contribution in [2.75, 3.05) is 14.2 Å². The molecule has 5 aromatic rings. The molecule has 5 aromatic carbocycles. The summed E-state index contributed by atoms with van der Waals surface area (Å²) in [6.45, 7) is 0. The third kappa shape index (κ3) is 3.51.